The Morgan fingerprint density at radius 1 is 0.913 bits per heavy atom. The maximum absolute atomic E-state index is 11.2. The van der Waals surface area contributed by atoms with Gasteiger partial charge in [-0.05, 0) is 18.9 Å². The average molecular weight is 319 g/mol. The van der Waals surface area contributed by atoms with E-state index in [9.17, 15) is 4.79 Å². The van der Waals surface area contributed by atoms with Gasteiger partial charge in [0, 0.05) is 0 Å². The fourth-order valence-electron chi connectivity index (χ4n) is 2.78. The molecule has 0 aromatic rings. The van der Waals surface area contributed by atoms with Gasteiger partial charge in [0.05, 0.1) is 12.2 Å². The van der Waals surface area contributed by atoms with Gasteiger partial charge in [-0.15, -0.1) is 0 Å². The van der Waals surface area contributed by atoms with Crippen LogP contribution in [0.3, 0.4) is 0 Å². The lowest BCUT2D eigenvalue weighted by Gasteiger charge is -2.01. The fourth-order valence-corrected chi connectivity index (χ4v) is 2.78. The number of hydrogen-bond acceptors (Lipinski definition) is 2. The van der Waals surface area contributed by atoms with E-state index >= 15 is 0 Å². The minimum absolute atomic E-state index is 0.181. The highest BCUT2D eigenvalue weighted by Crippen LogP contribution is 2.13. The smallest absolute Gasteiger partial charge is 0.321 e. The number of allylic oxidation sites excluding steroid dienone is 3. The van der Waals surface area contributed by atoms with Crippen molar-refractivity contribution in [2.24, 2.45) is 5.92 Å². The molecule has 0 aromatic heterocycles. The highest BCUT2D eigenvalue weighted by molar-refractivity contribution is 5.79. The summed E-state index contributed by atoms with van der Waals surface area (Å²) < 4.78 is 4.75. The number of esters is 1. The topological polar surface area (TPSA) is 26.3 Å². The van der Waals surface area contributed by atoms with Crippen LogP contribution in [0.15, 0.2) is 36.6 Å². The first-order valence-electron chi connectivity index (χ1n) is 9.55. The fraction of sp³-hybridized carbons (Fsp3) is 0.667. The van der Waals surface area contributed by atoms with Gasteiger partial charge in [-0.2, -0.15) is 0 Å². The van der Waals surface area contributed by atoms with E-state index in [1.807, 2.05) is 18.2 Å². The Kier molecular flexibility index (Phi) is 12.3. The van der Waals surface area contributed by atoms with Crippen LogP contribution >= 0.6 is 0 Å². The molecule has 0 saturated carbocycles. The van der Waals surface area contributed by atoms with E-state index in [1.54, 1.807) is 6.08 Å². The molecule has 1 rings (SSSR count). The van der Waals surface area contributed by atoms with E-state index < -0.39 is 0 Å². The zero-order valence-corrected chi connectivity index (χ0v) is 14.8. The van der Waals surface area contributed by atoms with Crippen LogP contribution in [0.25, 0.3) is 0 Å². The predicted octanol–water partition coefficient (Wildman–Crippen LogP) is 6.49. The third-order valence-corrected chi connectivity index (χ3v) is 4.28. The Morgan fingerprint density at radius 3 is 2.09 bits per heavy atom. The van der Waals surface area contributed by atoms with E-state index in [0.717, 1.165) is 6.42 Å². The number of rotatable bonds is 14. The third-order valence-electron chi connectivity index (χ3n) is 4.28. The zero-order chi connectivity index (χ0) is 16.6. The van der Waals surface area contributed by atoms with Crippen molar-refractivity contribution in [1.29, 1.82) is 0 Å². The molecule has 1 atom stereocenters. The summed E-state index contributed by atoms with van der Waals surface area (Å²) >= 11 is 0. The van der Waals surface area contributed by atoms with E-state index in [2.05, 4.69) is 13.0 Å². The molecule has 0 amide bonds. The molecule has 1 aliphatic heterocycles. The minimum atomic E-state index is -0.193. The van der Waals surface area contributed by atoms with Crippen molar-refractivity contribution in [2.75, 3.05) is 0 Å². The van der Waals surface area contributed by atoms with Gasteiger partial charge in [0.2, 0.25) is 0 Å². The van der Waals surface area contributed by atoms with Gasteiger partial charge in [0.1, 0.15) is 0 Å². The lowest BCUT2D eigenvalue weighted by Crippen LogP contribution is -2.03. The van der Waals surface area contributed by atoms with Crippen molar-refractivity contribution in [3.05, 3.63) is 36.6 Å². The normalized spacial score (nSPS) is 17.6. The van der Waals surface area contributed by atoms with Gasteiger partial charge in [-0.1, -0.05) is 95.4 Å². The molecule has 2 heteroatoms. The van der Waals surface area contributed by atoms with Crippen molar-refractivity contribution in [1.82, 2.24) is 0 Å². The second-order valence-corrected chi connectivity index (χ2v) is 6.43. The second kappa shape index (κ2) is 14.3. The number of ether oxygens (including phenoxy) is 1. The number of cyclic esters (lactones) is 1. The number of carbonyl (C=O) groups is 1. The maximum Gasteiger partial charge on any atom is 0.321 e. The SMILES string of the molecule is CCCCCCCCCCCCCC=CC=CC1C=COC1=O. The summed E-state index contributed by atoms with van der Waals surface area (Å²) in [5.74, 6) is -0.373. The summed E-state index contributed by atoms with van der Waals surface area (Å²) in [5, 5.41) is 0. The van der Waals surface area contributed by atoms with Crippen LogP contribution in [0, 0.1) is 5.92 Å². The standard InChI is InChI=1S/C21H34O2/c1-2-3-4-5-6-7-8-9-10-11-12-13-14-15-16-17-20-18-19-23-21(20)22/h14-20H,2-13H2,1H3. The molecule has 1 heterocycles. The average Bonchev–Trinajstić information content (AvgIpc) is 2.96. The largest absolute Gasteiger partial charge is 0.434 e. The van der Waals surface area contributed by atoms with Crippen LogP contribution in [0.5, 0.6) is 0 Å². The Hall–Kier alpha value is -1.31. The van der Waals surface area contributed by atoms with E-state index in [4.69, 9.17) is 4.74 Å². The first-order chi connectivity index (χ1) is 11.3. The van der Waals surface area contributed by atoms with Gasteiger partial charge >= 0.3 is 5.97 Å². The van der Waals surface area contributed by atoms with Crippen LogP contribution in [0.4, 0.5) is 0 Å². The zero-order valence-electron chi connectivity index (χ0n) is 14.8. The van der Waals surface area contributed by atoms with Crippen LogP contribution in [0.1, 0.15) is 84.0 Å². The van der Waals surface area contributed by atoms with E-state index in [-0.39, 0.29) is 11.9 Å². The van der Waals surface area contributed by atoms with Gasteiger partial charge in [-0.3, -0.25) is 4.79 Å². The Labute approximate surface area is 142 Å². The first-order valence-corrected chi connectivity index (χ1v) is 9.55. The maximum atomic E-state index is 11.2. The second-order valence-electron chi connectivity index (χ2n) is 6.43. The van der Waals surface area contributed by atoms with E-state index in [0.29, 0.717) is 0 Å². The number of carbonyl (C=O) groups excluding carboxylic acids is 1. The van der Waals surface area contributed by atoms with Crippen LogP contribution in [-0.2, 0) is 9.53 Å². The van der Waals surface area contributed by atoms with Crippen molar-refractivity contribution in [3.63, 3.8) is 0 Å². The Bertz CT molecular complexity index is 379. The predicted molar refractivity (Wildman–Crippen MR) is 98.1 cm³/mol. The van der Waals surface area contributed by atoms with E-state index in [1.165, 1.54) is 76.9 Å². The lowest BCUT2D eigenvalue weighted by molar-refractivity contribution is -0.137. The van der Waals surface area contributed by atoms with Crippen molar-refractivity contribution in [3.8, 4) is 0 Å². The monoisotopic (exact) mass is 318 g/mol. The highest BCUT2D eigenvalue weighted by atomic mass is 16.5. The van der Waals surface area contributed by atoms with Crippen molar-refractivity contribution >= 4 is 5.97 Å². The molecule has 0 N–H and O–H groups in total. The summed E-state index contributed by atoms with van der Waals surface area (Å²) in [6.07, 6.45) is 27.7. The quantitative estimate of drug-likeness (QED) is 0.208. The Balaban J connectivity index is 1.82. The molecule has 0 saturated heterocycles. The molecule has 0 aliphatic carbocycles. The molecule has 130 valence electrons. The Morgan fingerprint density at radius 2 is 1.52 bits per heavy atom. The van der Waals surface area contributed by atoms with Gasteiger partial charge < -0.3 is 4.74 Å². The van der Waals surface area contributed by atoms with Gasteiger partial charge in [0.25, 0.3) is 0 Å². The minimum Gasteiger partial charge on any atom is -0.434 e. The number of unbranched alkanes of at least 4 members (excludes halogenated alkanes) is 11. The van der Waals surface area contributed by atoms with Crippen molar-refractivity contribution < 1.29 is 9.53 Å². The van der Waals surface area contributed by atoms with Crippen LogP contribution < -0.4 is 0 Å². The van der Waals surface area contributed by atoms with Crippen LogP contribution in [-0.4, -0.2) is 5.97 Å². The van der Waals surface area contributed by atoms with Crippen molar-refractivity contribution in [2.45, 2.75) is 84.0 Å². The summed E-state index contributed by atoms with van der Waals surface area (Å²) in [6, 6.07) is 0. The summed E-state index contributed by atoms with van der Waals surface area (Å²) in [4.78, 5) is 11.2. The van der Waals surface area contributed by atoms with Crippen LogP contribution in [0.2, 0.25) is 0 Å². The molecular weight excluding hydrogens is 284 g/mol. The molecule has 0 radical (unpaired) electrons. The molecule has 0 aromatic carbocycles. The number of hydrogen-bond donors (Lipinski definition) is 0. The highest BCUT2D eigenvalue weighted by Gasteiger charge is 2.17. The van der Waals surface area contributed by atoms with Gasteiger partial charge in [0.15, 0.2) is 0 Å². The summed E-state index contributed by atoms with van der Waals surface area (Å²) in [7, 11) is 0. The molecule has 2 nitrogen and oxygen atoms in total. The molecule has 1 unspecified atom stereocenters. The van der Waals surface area contributed by atoms with Gasteiger partial charge in [-0.25, -0.2) is 0 Å². The first kappa shape index (κ1) is 19.7. The molecule has 0 spiro atoms. The molecule has 0 bridgehead atoms. The lowest BCUT2D eigenvalue weighted by atomic mass is 10.1. The molecule has 0 fully saturated rings. The summed E-state index contributed by atoms with van der Waals surface area (Å²) in [6.45, 7) is 2.27. The molecule has 1 aliphatic rings. The molecular formula is C21H34O2. The molecule has 23 heavy (non-hydrogen) atoms. The third kappa shape index (κ3) is 11.0. The summed E-state index contributed by atoms with van der Waals surface area (Å²) in [5.41, 5.74) is 0.